The number of aromatic nitrogens is 5. The lowest BCUT2D eigenvalue weighted by Gasteiger charge is -1.98. The Morgan fingerprint density at radius 3 is 3.04 bits per heavy atom. The van der Waals surface area contributed by atoms with Crippen LogP contribution in [-0.2, 0) is 17.6 Å². The molecule has 9 heteroatoms. The van der Waals surface area contributed by atoms with Crippen molar-refractivity contribution in [3.05, 3.63) is 35.4 Å². The number of hydrogen-bond acceptors (Lipinski definition) is 8. The maximum atomic E-state index is 11.9. The van der Waals surface area contributed by atoms with Gasteiger partial charge in [-0.3, -0.25) is 9.78 Å². The molecule has 0 bridgehead atoms. The molecule has 0 aliphatic heterocycles. The quantitative estimate of drug-likeness (QED) is 0.737. The van der Waals surface area contributed by atoms with Gasteiger partial charge in [0, 0.05) is 30.8 Å². The van der Waals surface area contributed by atoms with Crippen LogP contribution in [0.2, 0.25) is 0 Å². The zero-order valence-electron chi connectivity index (χ0n) is 12.4. The molecule has 0 radical (unpaired) electrons. The molecule has 0 aliphatic rings. The Morgan fingerprint density at radius 1 is 1.39 bits per heavy atom. The molecule has 0 unspecified atom stereocenters. The largest absolute Gasteiger partial charge is 0.339 e. The van der Waals surface area contributed by atoms with Crippen LogP contribution in [0.5, 0.6) is 0 Å². The van der Waals surface area contributed by atoms with Crippen LogP contribution in [0.3, 0.4) is 0 Å². The minimum absolute atomic E-state index is 0.162. The second-order valence-corrected chi connectivity index (χ2v) is 5.72. The van der Waals surface area contributed by atoms with Crippen LogP contribution in [0.15, 0.2) is 29.0 Å². The first-order valence-corrected chi connectivity index (χ1v) is 7.91. The maximum absolute atomic E-state index is 11.9. The lowest BCUT2D eigenvalue weighted by atomic mass is 10.2. The monoisotopic (exact) mass is 330 g/mol. The Kier molecular flexibility index (Phi) is 4.67. The summed E-state index contributed by atoms with van der Waals surface area (Å²) in [6.45, 7) is 1.99. The van der Waals surface area contributed by atoms with Crippen LogP contribution >= 0.6 is 11.3 Å². The van der Waals surface area contributed by atoms with Gasteiger partial charge in [-0.25, -0.2) is 0 Å². The molecule has 118 valence electrons. The van der Waals surface area contributed by atoms with Crippen LogP contribution in [0.4, 0.5) is 5.13 Å². The number of carbonyl (C=O) groups is 1. The van der Waals surface area contributed by atoms with Gasteiger partial charge in [-0.15, -0.1) is 10.2 Å². The normalized spacial score (nSPS) is 10.7. The number of nitrogens with zero attached hydrogens (tertiary/aromatic N) is 5. The van der Waals surface area contributed by atoms with Gasteiger partial charge < -0.3 is 9.84 Å². The topological polar surface area (TPSA) is 107 Å². The smallest absolute Gasteiger partial charge is 0.227 e. The molecule has 0 saturated carbocycles. The zero-order valence-corrected chi connectivity index (χ0v) is 13.2. The van der Waals surface area contributed by atoms with E-state index in [2.05, 4.69) is 30.6 Å². The lowest BCUT2D eigenvalue weighted by Crippen LogP contribution is -2.12. The molecule has 0 atom stereocenters. The first kappa shape index (κ1) is 15.2. The molecule has 1 amide bonds. The highest BCUT2D eigenvalue weighted by Gasteiger charge is 2.12. The van der Waals surface area contributed by atoms with Gasteiger partial charge in [-0.2, -0.15) is 4.98 Å². The van der Waals surface area contributed by atoms with Crippen LogP contribution in [0.25, 0.3) is 11.4 Å². The molecule has 3 aromatic heterocycles. The van der Waals surface area contributed by atoms with E-state index in [1.54, 1.807) is 18.5 Å². The van der Waals surface area contributed by atoms with Gasteiger partial charge in [0.1, 0.15) is 5.01 Å². The third-order valence-corrected chi connectivity index (χ3v) is 3.95. The van der Waals surface area contributed by atoms with Crippen molar-refractivity contribution in [1.82, 2.24) is 25.3 Å². The molecule has 0 fully saturated rings. The summed E-state index contributed by atoms with van der Waals surface area (Å²) in [6.07, 6.45) is 4.72. The predicted molar refractivity (Wildman–Crippen MR) is 83.8 cm³/mol. The molecule has 0 saturated heterocycles. The van der Waals surface area contributed by atoms with Gasteiger partial charge in [0.2, 0.25) is 22.8 Å². The highest BCUT2D eigenvalue weighted by molar-refractivity contribution is 7.15. The standard InChI is InChI=1S/C14H14N6O2S/c1-2-12-18-19-14(23-12)16-10(21)5-6-11-17-13(20-22-11)9-4-3-7-15-8-9/h3-4,7-8H,2,5-6H2,1H3,(H,16,19,21). The molecule has 8 nitrogen and oxygen atoms in total. The Hall–Kier alpha value is -2.68. The van der Waals surface area contributed by atoms with Crippen molar-refractivity contribution < 1.29 is 9.32 Å². The van der Waals surface area contributed by atoms with E-state index in [0.29, 0.717) is 23.3 Å². The van der Waals surface area contributed by atoms with Gasteiger partial charge in [0.15, 0.2) is 0 Å². The van der Waals surface area contributed by atoms with E-state index in [-0.39, 0.29) is 12.3 Å². The SMILES string of the molecule is CCc1nnc(NC(=O)CCc2nc(-c3cccnc3)no2)s1. The fourth-order valence-corrected chi connectivity index (χ4v) is 2.51. The van der Waals surface area contributed by atoms with Crippen LogP contribution in [-0.4, -0.2) is 31.2 Å². The molecule has 3 aromatic rings. The number of amides is 1. The Balaban J connectivity index is 1.54. The van der Waals surface area contributed by atoms with E-state index in [1.807, 2.05) is 13.0 Å². The Morgan fingerprint density at radius 2 is 2.30 bits per heavy atom. The average molecular weight is 330 g/mol. The Labute approximate surface area is 136 Å². The van der Waals surface area contributed by atoms with Gasteiger partial charge >= 0.3 is 0 Å². The molecule has 0 spiro atoms. The van der Waals surface area contributed by atoms with Gasteiger partial charge in [0.25, 0.3) is 0 Å². The number of nitrogens with one attached hydrogen (secondary N) is 1. The summed E-state index contributed by atoms with van der Waals surface area (Å²) in [4.78, 5) is 20.1. The molecule has 0 aliphatic carbocycles. The van der Waals surface area contributed by atoms with Crippen LogP contribution in [0.1, 0.15) is 24.2 Å². The fraction of sp³-hybridized carbons (Fsp3) is 0.286. The number of anilines is 1. The highest BCUT2D eigenvalue weighted by Crippen LogP contribution is 2.17. The summed E-state index contributed by atoms with van der Waals surface area (Å²) in [7, 11) is 0. The number of aryl methyl sites for hydroxylation is 2. The summed E-state index contributed by atoms with van der Waals surface area (Å²) in [5.74, 6) is 0.709. The van der Waals surface area contributed by atoms with Crippen LogP contribution < -0.4 is 5.32 Å². The van der Waals surface area contributed by atoms with E-state index in [0.717, 1.165) is 17.0 Å². The van der Waals surface area contributed by atoms with Crippen LogP contribution in [0, 0.1) is 0 Å². The molecule has 1 N–H and O–H groups in total. The van der Waals surface area contributed by atoms with Crippen molar-refractivity contribution in [2.75, 3.05) is 5.32 Å². The van der Waals surface area contributed by atoms with E-state index in [1.165, 1.54) is 11.3 Å². The second-order valence-electron chi connectivity index (χ2n) is 4.66. The van der Waals surface area contributed by atoms with E-state index < -0.39 is 0 Å². The molecule has 0 aromatic carbocycles. The third-order valence-electron chi connectivity index (χ3n) is 2.97. The minimum Gasteiger partial charge on any atom is -0.339 e. The van der Waals surface area contributed by atoms with Crippen molar-refractivity contribution >= 4 is 22.4 Å². The van der Waals surface area contributed by atoms with Crippen molar-refractivity contribution in [1.29, 1.82) is 0 Å². The summed E-state index contributed by atoms with van der Waals surface area (Å²) >= 11 is 1.37. The lowest BCUT2D eigenvalue weighted by molar-refractivity contribution is -0.116. The summed E-state index contributed by atoms with van der Waals surface area (Å²) in [5.41, 5.74) is 0.771. The number of carbonyl (C=O) groups excluding carboxylic acids is 1. The zero-order chi connectivity index (χ0) is 16.1. The molecule has 3 heterocycles. The molecular weight excluding hydrogens is 316 g/mol. The van der Waals surface area contributed by atoms with E-state index in [4.69, 9.17) is 4.52 Å². The van der Waals surface area contributed by atoms with Crippen molar-refractivity contribution in [2.45, 2.75) is 26.2 Å². The first-order chi connectivity index (χ1) is 11.2. The third kappa shape index (κ3) is 3.95. The van der Waals surface area contributed by atoms with Crippen molar-refractivity contribution in [2.24, 2.45) is 0 Å². The molecular formula is C14H14N6O2S. The summed E-state index contributed by atoms with van der Waals surface area (Å²) in [5, 5.41) is 15.8. The fourth-order valence-electron chi connectivity index (χ4n) is 1.82. The van der Waals surface area contributed by atoms with Gasteiger partial charge in [-0.1, -0.05) is 23.4 Å². The van der Waals surface area contributed by atoms with E-state index in [9.17, 15) is 4.79 Å². The predicted octanol–water partition coefficient (Wildman–Crippen LogP) is 2.12. The highest BCUT2D eigenvalue weighted by atomic mass is 32.1. The van der Waals surface area contributed by atoms with Crippen molar-refractivity contribution in [3.63, 3.8) is 0 Å². The first-order valence-electron chi connectivity index (χ1n) is 7.10. The second kappa shape index (κ2) is 7.05. The number of rotatable bonds is 6. The van der Waals surface area contributed by atoms with E-state index >= 15 is 0 Å². The molecule has 23 heavy (non-hydrogen) atoms. The van der Waals surface area contributed by atoms with Gasteiger partial charge in [0.05, 0.1) is 0 Å². The summed E-state index contributed by atoms with van der Waals surface area (Å²) in [6, 6.07) is 3.64. The molecule has 3 rings (SSSR count). The number of pyridine rings is 1. The van der Waals surface area contributed by atoms with Crippen molar-refractivity contribution in [3.8, 4) is 11.4 Å². The maximum Gasteiger partial charge on any atom is 0.227 e. The summed E-state index contributed by atoms with van der Waals surface area (Å²) < 4.78 is 5.15. The average Bonchev–Trinajstić information content (AvgIpc) is 3.23. The minimum atomic E-state index is -0.162. The Bertz CT molecular complexity index is 785. The van der Waals surface area contributed by atoms with Gasteiger partial charge in [-0.05, 0) is 18.6 Å². The number of hydrogen-bond donors (Lipinski definition) is 1.